The first-order valence-electron chi connectivity index (χ1n) is 13.6. The Morgan fingerprint density at radius 3 is 1.95 bits per heavy atom. The Hall–Kier alpha value is -3.35. The molecule has 2 aromatic carbocycles. The van der Waals surface area contributed by atoms with Crippen LogP contribution in [0, 0.1) is 0 Å². The number of ether oxygens (including phenoxy) is 1. The number of hydrogen-bond donors (Lipinski definition) is 3. The van der Waals surface area contributed by atoms with Crippen molar-refractivity contribution in [1.82, 2.24) is 10.6 Å². The molecule has 1 aliphatic rings. The van der Waals surface area contributed by atoms with Gasteiger partial charge in [-0.3, -0.25) is 9.59 Å². The van der Waals surface area contributed by atoms with Crippen molar-refractivity contribution >= 4 is 18.0 Å². The van der Waals surface area contributed by atoms with Gasteiger partial charge in [-0.15, -0.1) is 0 Å². The van der Waals surface area contributed by atoms with Crippen molar-refractivity contribution in [1.29, 1.82) is 0 Å². The number of benzene rings is 2. The summed E-state index contributed by atoms with van der Waals surface area (Å²) in [5, 5.41) is 14.5. The summed E-state index contributed by atoms with van der Waals surface area (Å²) >= 11 is 0. The third-order valence-corrected chi connectivity index (χ3v) is 6.91. The average molecular weight is 509 g/mol. The van der Waals surface area contributed by atoms with Crippen LogP contribution in [0.5, 0.6) is 0 Å². The van der Waals surface area contributed by atoms with Crippen molar-refractivity contribution in [3.8, 4) is 11.1 Å². The van der Waals surface area contributed by atoms with Gasteiger partial charge in [-0.05, 0) is 28.7 Å². The molecule has 2 amide bonds. The first kappa shape index (κ1) is 28.2. The van der Waals surface area contributed by atoms with E-state index in [1.54, 1.807) is 0 Å². The van der Waals surface area contributed by atoms with Crippen molar-refractivity contribution in [2.45, 2.75) is 83.1 Å². The fourth-order valence-electron chi connectivity index (χ4n) is 4.94. The lowest BCUT2D eigenvalue weighted by Gasteiger charge is -2.18. The molecule has 7 nitrogen and oxygen atoms in total. The summed E-state index contributed by atoms with van der Waals surface area (Å²) in [7, 11) is 0. The van der Waals surface area contributed by atoms with Gasteiger partial charge >= 0.3 is 12.1 Å². The molecule has 1 aliphatic carbocycles. The van der Waals surface area contributed by atoms with Crippen molar-refractivity contribution < 1.29 is 24.2 Å². The number of nitrogens with one attached hydrogen (secondary N) is 2. The zero-order valence-corrected chi connectivity index (χ0v) is 21.8. The number of amides is 2. The van der Waals surface area contributed by atoms with Gasteiger partial charge in [0.05, 0.1) is 6.42 Å². The number of fused-ring (bicyclic) bond motifs is 3. The molecule has 0 saturated heterocycles. The number of carbonyl (C=O) groups is 3. The van der Waals surface area contributed by atoms with Crippen LogP contribution in [0.25, 0.3) is 11.1 Å². The SMILES string of the molecule is CCCCCCCCCCCNC(=O)[C@H](CC(=O)O)NC(=O)OCC1c2ccccc2-c2ccccc21. The fraction of sp³-hybridized carbons (Fsp3) is 0.500. The summed E-state index contributed by atoms with van der Waals surface area (Å²) in [6.07, 6.45) is 9.23. The maximum absolute atomic E-state index is 12.6. The molecule has 0 fully saturated rings. The van der Waals surface area contributed by atoms with Gasteiger partial charge in [0.25, 0.3) is 0 Å². The number of carbonyl (C=O) groups excluding carboxylic acids is 2. The highest BCUT2D eigenvalue weighted by Gasteiger charge is 2.30. The third kappa shape index (κ3) is 8.62. The highest BCUT2D eigenvalue weighted by Crippen LogP contribution is 2.44. The average Bonchev–Trinajstić information content (AvgIpc) is 3.21. The van der Waals surface area contributed by atoms with E-state index in [0.29, 0.717) is 6.54 Å². The second-order valence-corrected chi connectivity index (χ2v) is 9.74. The van der Waals surface area contributed by atoms with Gasteiger partial charge in [-0.2, -0.15) is 0 Å². The Balaban J connectivity index is 1.43. The molecule has 200 valence electrons. The van der Waals surface area contributed by atoms with Gasteiger partial charge < -0.3 is 20.5 Å². The lowest BCUT2D eigenvalue weighted by atomic mass is 9.98. The molecule has 1 atom stereocenters. The highest BCUT2D eigenvalue weighted by atomic mass is 16.5. The number of carboxylic acid groups (broad SMARTS) is 1. The molecule has 0 saturated carbocycles. The fourth-order valence-corrected chi connectivity index (χ4v) is 4.94. The molecule has 0 unspecified atom stereocenters. The monoisotopic (exact) mass is 508 g/mol. The number of unbranched alkanes of at least 4 members (excludes halogenated alkanes) is 8. The predicted octanol–water partition coefficient (Wildman–Crippen LogP) is 6.02. The Kier molecular flexibility index (Phi) is 11.5. The Bertz CT molecular complexity index is 993. The molecule has 0 aromatic heterocycles. The quantitative estimate of drug-likeness (QED) is 0.241. The largest absolute Gasteiger partial charge is 0.481 e. The van der Waals surface area contributed by atoms with Crippen LogP contribution in [0.4, 0.5) is 4.79 Å². The molecule has 0 bridgehead atoms. The first-order valence-corrected chi connectivity index (χ1v) is 13.6. The molecule has 7 heteroatoms. The Morgan fingerprint density at radius 2 is 1.38 bits per heavy atom. The van der Waals surface area contributed by atoms with Crippen molar-refractivity contribution in [2.24, 2.45) is 0 Å². The van der Waals surface area contributed by atoms with Gasteiger partial charge in [-0.25, -0.2) is 4.79 Å². The predicted molar refractivity (Wildman–Crippen MR) is 144 cm³/mol. The van der Waals surface area contributed by atoms with Crippen LogP contribution in [0.15, 0.2) is 48.5 Å². The van der Waals surface area contributed by atoms with E-state index < -0.39 is 30.4 Å². The highest BCUT2D eigenvalue weighted by molar-refractivity contribution is 5.89. The summed E-state index contributed by atoms with van der Waals surface area (Å²) in [5.41, 5.74) is 4.40. The second-order valence-electron chi connectivity index (χ2n) is 9.74. The summed E-state index contributed by atoms with van der Waals surface area (Å²) in [5.74, 6) is -1.78. The van der Waals surface area contributed by atoms with E-state index in [9.17, 15) is 19.5 Å². The van der Waals surface area contributed by atoms with Gasteiger partial charge in [0.1, 0.15) is 12.6 Å². The first-order chi connectivity index (χ1) is 18.0. The molecule has 0 spiro atoms. The van der Waals surface area contributed by atoms with E-state index >= 15 is 0 Å². The smallest absolute Gasteiger partial charge is 0.407 e. The van der Waals surface area contributed by atoms with E-state index in [1.165, 1.54) is 38.5 Å². The van der Waals surface area contributed by atoms with Crippen LogP contribution in [0.1, 0.15) is 88.2 Å². The summed E-state index contributed by atoms with van der Waals surface area (Å²) in [6.45, 7) is 2.76. The zero-order chi connectivity index (χ0) is 26.5. The second kappa shape index (κ2) is 15.0. The standard InChI is InChI=1S/C30H40N2O5/c1-2-3-4-5-6-7-8-9-14-19-31-29(35)27(20-28(33)34)32-30(36)37-21-26-24-17-12-10-15-22(24)23-16-11-13-18-25(23)26/h10-13,15-18,26-27H,2-9,14,19-21H2,1H3,(H,31,35)(H,32,36)(H,33,34)/t27-/m0/s1. The number of carboxylic acids is 1. The third-order valence-electron chi connectivity index (χ3n) is 6.91. The van der Waals surface area contributed by atoms with E-state index in [0.717, 1.165) is 41.5 Å². The minimum atomic E-state index is -1.19. The summed E-state index contributed by atoms with van der Waals surface area (Å²) in [6, 6.07) is 14.8. The van der Waals surface area contributed by atoms with E-state index in [4.69, 9.17) is 4.74 Å². The number of rotatable bonds is 16. The maximum Gasteiger partial charge on any atom is 0.407 e. The molecule has 3 rings (SSSR count). The summed E-state index contributed by atoms with van der Waals surface area (Å²) in [4.78, 5) is 36.5. The maximum atomic E-state index is 12.6. The molecule has 0 aliphatic heterocycles. The molecule has 0 radical (unpaired) electrons. The van der Waals surface area contributed by atoms with Gasteiger partial charge in [0.2, 0.25) is 5.91 Å². The van der Waals surface area contributed by atoms with E-state index in [2.05, 4.69) is 29.7 Å². The van der Waals surface area contributed by atoms with Gasteiger partial charge in [0.15, 0.2) is 0 Å². The lowest BCUT2D eigenvalue weighted by molar-refractivity contribution is -0.139. The molecule has 3 N–H and O–H groups in total. The molecular weight excluding hydrogens is 468 g/mol. The van der Waals surface area contributed by atoms with E-state index in [1.807, 2.05) is 36.4 Å². The minimum absolute atomic E-state index is 0.0969. The lowest BCUT2D eigenvalue weighted by Crippen LogP contribution is -2.48. The number of alkyl carbamates (subject to hydrolysis) is 1. The number of hydrogen-bond acceptors (Lipinski definition) is 4. The van der Waals surface area contributed by atoms with Crippen molar-refractivity contribution in [2.75, 3.05) is 13.2 Å². The summed E-state index contributed by atoms with van der Waals surface area (Å²) < 4.78 is 5.48. The van der Waals surface area contributed by atoms with Crippen LogP contribution >= 0.6 is 0 Å². The zero-order valence-electron chi connectivity index (χ0n) is 21.8. The van der Waals surface area contributed by atoms with Crippen LogP contribution in [0.3, 0.4) is 0 Å². The van der Waals surface area contributed by atoms with Gasteiger partial charge in [0, 0.05) is 12.5 Å². The van der Waals surface area contributed by atoms with Crippen LogP contribution in [0.2, 0.25) is 0 Å². The Morgan fingerprint density at radius 1 is 0.838 bits per heavy atom. The minimum Gasteiger partial charge on any atom is -0.481 e. The van der Waals surface area contributed by atoms with Crippen molar-refractivity contribution in [3.63, 3.8) is 0 Å². The molecule has 37 heavy (non-hydrogen) atoms. The van der Waals surface area contributed by atoms with Crippen LogP contribution < -0.4 is 10.6 Å². The van der Waals surface area contributed by atoms with E-state index in [-0.39, 0.29) is 12.5 Å². The normalized spacial score (nSPS) is 12.9. The van der Waals surface area contributed by atoms with Crippen molar-refractivity contribution in [3.05, 3.63) is 59.7 Å². The number of aliphatic carboxylic acids is 1. The molecule has 2 aromatic rings. The van der Waals surface area contributed by atoms with Gasteiger partial charge in [-0.1, -0.05) is 107 Å². The molecular formula is C30H40N2O5. The Labute approximate surface area is 220 Å². The van der Waals surface area contributed by atoms with Crippen LogP contribution in [-0.4, -0.2) is 42.3 Å². The van der Waals surface area contributed by atoms with Crippen LogP contribution in [-0.2, 0) is 14.3 Å². The molecule has 0 heterocycles. The topological polar surface area (TPSA) is 105 Å².